The monoisotopic (exact) mass is 363 g/mol. The van der Waals surface area contributed by atoms with E-state index in [1.807, 2.05) is 12.1 Å². The molecule has 2 N–H and O–H groups in total. The van der Waals surface area contributed by atoms with Gasteiger partial charge in [0.25, 0.3) is 0 Å². The van der Waals surface area contributed by atoms with Gasteiger partial charge in [0.15, 0.2) is 0 Å². The number of ether oxygens (including phenoxy) is 1. The Kier molecular flexibility index (Phi) is 4.95. The van der Waals surface area contributed by atoms with Crippen LogP contribution in [0, 0.1) is 0 Å². The molecule has 1 aromatic rings. The molecule has 2 unspecified atom stereocenters. The second-order valence-electron chi connectivity index (χ2n) is 6.83. The van der Waals surface area contributed by atoms with Gasteiger partial charge in [0.05, 0.1) is 13.2 Å². The normalized spacial score (nSPS) is 25.1. The van der Waals surface area contributed by atoms with E-state index in [4.69, 9.17) is 9.39 Å². The maximum Gasteiger partial charge on any atom is 0.526 e. The predicted octanol–water partition coefficient (Wildman–Crippen LogP) is 1.93. The zero-order valence-electron chi connectivity index (χ0n) is 14.0. The van der Waals surface area contributed by atoms with Crippen molar-refractivity contribution in [3.05, 3.63) is 23.3 Å². The van der Waals surface area contributed by atoms with E-state index in [1.165, 1.54) is 0 Å². The molecule has 4 rings (SSSR count). The number of morpholine rings is 1. The smallest absolute Gasteiger partial charge is 0.526 e. The Bertz CT molecular complexity index is 667. The first-order chi connectivity index (χ1) is 12.1. The quantitative estimate of drug-likeness (QED) is 0.454. The van der Waals surface area contributed by atoms with Crippen molar-refractivity contribution in [1.82, 2.24) is 4.90 Å². The highest BCUT2D eigenvalue weighted by atomic mass is 32.2. The van der Waals surface area contributed by atoms with Gasteiger partial charge in [-0.2, -0.15) is 0 Å². The number of fused-ring (bicyclic) bond motifs is 3. The molecular weight excluding hydrogens is 341 g/mol. The third kappa shape index (κ3) is 3.53. The highest BCUT2D eigenvalue weighted by Crippen LogP contribution is 2.60. The molecule has 0 radical (unpaired) electrons. The number of hydrogen-bond acceptors (Lipinski definition) is 6. The third-order valence-corrected chi connectivity index (χ3v) is 6.33. The van der Waals surface area contributed by atoms with Gasteiger partial charge in [0, 0.05) is 23.8 Å². The lowest BCUT2D eigenvalue weighted by atomic mass is 9.77. The molecule has 0 amide bonds. The fourth-order valence-electron chi connectivity index (χ4n) is 3.71. The molecular formula is C17H22BNO5S. The fourth-order valence-corrected chi connectivity index (χ4v) is 4.70. The molecule has 1 aliphatic carbocycles. The van der Waals surface area contributed by atoms with Gasteiger partial charge in [-0.15, -0.1) is 11.8 Å². The summed E-state index contributed by atoms with van der Waals surface area (Å²) in [5, 5.41) is 19.7. The van der Waals surface area contributed by atoms with Gasteiger partial charge < -0.3 is 19.5 Å². The van der Waals surface area contributed by atoms with Crippen LogP contribution in [0.25, 0.3) is 0 Å². The molecule has 25 heavy (non-hydrogen) atoms. The lowest BCUT2D eigenvalue weighted by Gasteiger charge is -2.26. The molecule has 2 aliphatic heterocycles. The SMILES string of the molecule is O=C(O)c1c(SCCCN2CCOCC2)ccc2c1OB(O)C1CC21. The van der Waals surface area contributed by atoms with E-state index in [-0.39, 0.29) is 17.3 Å². The van der Waals surface area contributed by atoms with Crippen molar-refractivity contribution in [3.63, 3.8) is 0 Å². The van der Waals surface area contributed by atoms with Crippen molar-refractivity contribution in [2.45, 2.75) is 29.5 Å². The van der Waals surface area contributed by atoms with Crippen LogP contribution in [0.5, 0.6) is 5.75 Å². The van der Waals surface area contributed by atoms with Gasteiger partial charge in [-0.3, -0.25) is 4.90 Å². The van der Waals surface area contributed by atoms with E-state index in [0.717, 1.165) is 61.9 Å². The fraction of sp³-hybridized carbons (Fsp3) is 0.588. The topological polar surface area (TPSA) is 79.2 Å². The summed E-state index contributed by atoms with van der Waals surface area (Å²) in [6.07, 6.45) is 1.87. The number of hydrogen-bond donors (Lipinski definition) is 2. The van der Waals surface area contributed by atoms with Crippen LogP contribution in [0.4, 0.5) is 0 Å². The van der Waals surface area contributed by atoms with Crippen molar-refractivity contribution in [1.29, 1.82) is 0 Å². The standard InChI is InChI=1S/C17H22BNO5S/c20-17(21)15-14(25-9-1-4-19-5-7-23-8-6-19)3-2-11-12-10-13(12)18(22)24-16(11)15/h2-3,12-13,22H,1,4-10H2,(H,20,21). The van der Waals surface area contributed by atoms with E-state index >= 15 is 0 Å². The van der Waals surface area contributed by atoms with Crippen molar-refractivity contribution < 1.29 is 24.3 Å². The predicted molar refractivity (Wildman–Crippen MR) is 95.7 cm³/mol. The van der Waals surface area contributed by atoms with Crippen LogP contribution in [0.2, 0.25) is 5.82 Å². The van der Waals surface area contributed by atoms with Crippen LogP contribution in [-0.4, -0.2) is 66.7 Å². The Hall–Kier alpha value is -1.22. The summed E-state index contributed by atoms with van der Waals surface area (Å²) in [6, 6.07) is 3.88. The first-order valence-corrected chi connectivity index (χ1v) is 9.81. The van der Waals surface area contributed by atoms with Gasteiger partial charge in [-0.1, -0.05) is 6.07 Å². The Balaban J connectivity index is 1.42. The van der Waals surface area contributed by atoms with E-state index < -0.39 is 13.1 Å². The molecule has 0 aromatic heterocycles. The average molecular weight is 363 g/mol. The number of aromatic carboxylic acids is 1. The van der Waals surface area contributed by atoms with Crippen LogP contribution >= 0.6 is 11.8 Å². The lowest BCUT2D eigenvalue weighted by Crippen LogP contribution is -2.36. The number of thioether (sulfide) groups is 1. The molecule has 1 aromatic carbocycles. The molecule has 134 valence electrons. The van der Waals surface area contributed by atoms with Gasteiger partial charge in [0.2, 0.25) is 0 Å². The van der Waals surface area contributed by atoms with Crippen LogP contribution in [0.15, 0.2) is 17.0 Å². The van der Waals surface area contributed by atoms with E-state index in [2.05, 4.69) is 4.90 Å². The number of nitrogens with zero attached hydrogens (tertiary/aromatic N) is 1. The van der Waals surface area contributed by atoms with Crippen molar-refractivity contribution in [2.24, 2.45) is 0 Å². The van der Waals surface area contributed by atoms with Crippen LogP contribution < -0.4 is 4.65 Å². The lowest BCUT2D eigenvalue weighted by molar-refractivity contribution is 0.0381. The van der Waals surface area contributed by atoms with E-state index in [0.29, 0.717) is 5.75 Å². The van der Waals surface area contributed by atoms with Crippen molar-refractivity contribution >= 4 is 24.8 Å². The molecule has 2 heterocycles. The zero-order chi connectivity index (χ0) is 17.4. The van der Waals surface area contributed by atoms with Crippen LogP contribution in [0.1, 0.15) is 34.7 Å². The number of carbonyl (C=O) groups is 1. The maximum absolute atomic E-state index is 11.8. The molecule has 1 saturated heterocycles. The summed E-state index contributed by atoms with van der Waals surface area (Å²) >= 11 is 1.55. The maximum atomic E-state index is 11.8. The number of carboxylic acid groups (broad SMARTS) is 1. The van der Waals surface area contributed by atoms with Gasteiger partial charge >= 0.3 is 13.1 Å². The molecule has 2 atom stereocenters. The van der Waals surface area contributed by atoms with E-state index in [1.54, 1.807) is 11.8 Å². The summed E-state index contributed by atoms with van der Waals surface area (Å²) in [4.78, 5) is 14.9. The third-order valence-electron chi connectivity index (χ3n) is 5.19. The second kappa shape index (κ2) is 7.19. The summed E-state index contributed by atoms with van der Waals surface area (Å²) in [5.41, 5.74) is 1.14. The van der Waals surface area contributed by atoms with Gasteiger partial charge in [0.1, 0.15) is 11.3 Å². The Morgan fingerprint density at radius 2 is 2.16 bits per heavy atom. The molecule has 8 heteroatoms. The average Bonchev–Trinajstić information content (AvgIpc) is 3.40. The van der Waals surface area contributed by atoms with Crippen molar-refractivity contribution in [2.75, 3.05) is 38.6 Å². The molecule has 0 bridgehead atoms. The van der Waals surface area contributed by atoms with Gasteiger partial charge in [-0.25, -0.2) is 4.79 Å². The Morgan fingerprint density at radius 3 is 2.92 bits per heavy atom. The molecule has 6 nitrogen and oxygen atoms in total. The molecule has 0 spiro atoms. The largest absolute Gasteiger partial charge is 0.535 e. The highest BCUT2D eigenvalue weighted by Gasteiger charge is 2.54. The minimum absolute atomic E-state index is 0.126. The number of benzene rings is 1. The number of rotatable bonds is 6. The highest BCUT2D eigenvalue weighted by molar-refractivity contribution is 7.99. The summed E-state index contributed by atoms with van der Waals surface area (Å²) in [5.74, 6) is 0.611. The number of carboxylic acids is 1. The first-order valence-electron chi connectivity index (χ1n) is 8.83. The van der Waals surface area contributed by atoms with Crippen LogP contribution in [-0.2, 0) is 4.74 Å². The second-order valence-corrected chi connectivity index (χ2v) is 7.97. The minimum atomic E-state index is -0.987. The zero-order valence-corrected chi connectivity index (χ0v) is 14.8. The van der Waals surface area contributed by atoms with Crippen LogP contribution in [0.3, 0.4) is 0 Å². The molecule has 3 aliphatic rings. The Morgan fingerprint density at radius 1 is 1.36 bits per heavy atom. The molecule has 1 saturated carbocycles. The molecule has 2 fully saturated rings. The summed E-state index contributed by atoms with van der Waals surface area (Å²) in [6.45, 7) is 4.53. The Labute approximate surface area is 151 Å². The van der Waals surface area contributed by atoms with E-state index in [9.17, 15) is 14.9 Å². The summed E-state index contributed by atoms with van der Waals surface area (Å²) < 4.78 is 10.9. The van der Waals surface area contributed by atoms with Gasteiger partial charge in [-0.05, 0) is 42.7 Å². The first kappa shape index (κ1) is 17.2. The summed E-state index contributed by atoms with van der Waals surface area (Å²) in [7, 11) is -0.878. The van der Waals surface area contributed by atoms with Crippen molar-refractivity contribution in [3.8, 4) is 5.75 Å². The minimum Gasteiger partial charge on any atom is -0.535 e.